The van der Waals surface area contributed by atoms with Crippen LogP contribution < -0.4 is 0 Å². The molecular weight excluding hydrogens is 1470 g/mol. The largest absolute Gasteiger partial charge is 0.472 e. The molecule has 33 unspecified atom stereocenters. The third-order valence-corrected chi connectivity index (χ3v) is 34.8. The number of carbonyl (C=O) groups excluding carboxylic acids is 3. The number of phosphoric acid groups is 3. The number of ether oxygens (including phenoxy) is 7. The van der Waals surface area contributed by atoms with E-state index in [0.29, 0.717) is 91.0 Å². The Morgan fingerprint density at radius 3 is 1.00 bits per heavy atom. The summed E-state index contributed by atoms with van der Waals surface area (Å²) in [6.45, 7) is 18.0. The third kappa shape index (κ3) is 18.6. The highest BCUT2D eigenvalue weighted by Crippen LogP contribution is 2.73. The molecule has 27 nitrogen and oxygen atoms in total. The van der Waals surface area contributed by atoms with Crippen LogP contribution in [-0.2, 0) is 74.8 Å². The van der Waals surface area contributed by atoms with Crippen molar-refractivity contribution < 1.29 is 130 Å². The van der Waals surface area contributed by atoms with Gasteiger partial charge in [0.1, 0.15) is 0 Å². The number of fused-ring (bicyclic) bond motifs is 15. The quantitative estimate of drug-likeness (QED) is 0.0175. The standard InChI is InChI=1S/C27H47O9P.2C26H45O9P/c1-16(6-9-24(29)35-15-36-37(30,31)32)19-7-8-20-25-21(14-23(28)27(19,20)3)26(2)11-10-18(33-4)12-17(26)13-22(25)34-5;1-15(5-8-23(29)34-14-35-36(30,31)32)18-6-7-19-24-20(13-22(28)26(18,19)3)25(2)10-9-17(33-4)11-16(25)12-21(24)27;1-15(5-8-23(29)34-14-35-36(30,31)32)18-6-7-19-24-20(13-22(28)26(18,19)3)25(2)10-9-17(27)11-16(25)12-21(24)33-4/h16-23,25,28H,6-15H2,1-5H3,(H2,30,31,32);2*15-22,24,27-28H,5-14H2,1-4H3,(H2,30,31,32). The summed E-state index contributed by atoms with van der Waals surface area (Å²) in [5.41, 5.74) is -0.394. The Morgan fingerprint density at radius 1 is 0.376 bits per heavy atom. The van der Waals surface area contributed by atoms with Crippen molar-refractivity contribution in [1.82, 2.24) is 0 Å². The lowest BCUT2D eigenvalue weighted by Gasteiger charge is -2.64. The van der Waals surface area contributed by atoms with Crippen molar-refractivity contribution in [1.29, 1.82) is 0 Å². The molecule has 12 aliphatic carbocycles. The first-order valence-electron chi connectivity index (χ1n) is 41.0. The zero-order valence-corrected chi connectivity index (χ0v) is 69.8. The minimum atomic E-state index is -4.68. The fraction of sp³-hybridized carbons (Fsp3) is 0.962. The first kappa shape index (κ1) is 89.7. The maximum atomic E-state index is 12.1. The number of rotatable bonds is 25. The number of aliphatic hydroxyl groups excluding tert-OH is 5. The van der Waals surface area contributed by atoms with E-state index in [4.69, 9.17) is 62.5 Å². The molecule has 0 radical (unpaired) electrons. The van der Waals surface area contributed by atoms with Gasteiger partial charge in [0, 0.05) is 47.7 Å². The van der Waals surface area contributed by atoms with Crippen molar-refractivity contribution in [3.63, 3.8) is 0 Å². The van der Waals surface area contributed by atoms with E-state index in [2.05, 4.69) is 75.9 Å². The number of methoxy groups -OCH3 is 4. The molecule has 109 heavy (non-hydrogen) atoms. The van der Waals surface area contributed by atoms with Crippen molar-refractivity contribution in [2.75, 3.05) is 48.8 Å². The molecule has 12 saturated carbocycles. The van der Waals surface area contributed by atoms with E-state index in [1.807, 2.05) is 21.3 Å². The molecule has 12 aliphatic rings. The summed E-state index contributed by atoms with van der Waals surface area (Å²) in [5, 5.41) is 57.0. The van der Waals surface area contributed by atoms with Crippen LogP contribution in [-0.4, -0.2) is 177 Å². The van der Waals surface area contributed by atoms with Gasteiger partial charge in [-0.05, 0) is 293 Å². The van der Waals surface area contributed by atoms with Crippen LogP contribution in [0.25, 0.3) is 0 Å². The number of hydrogen-bond donors (Lipinski definition) is 11. The fourth-order valence-corrected chi connectivity index (χ4v) is 28.1. The van der Waals surface area contributed by atoms with Crippen LogP contribution >= 0.6 is 23.5 Å². The Morgan fingerprint density at radius 2 is 0.679 bits per heavy atom. The number of phosphoric ester groups is 3. The number of esters is 3. The number of carbonyl (C=O) groups is 3. The van der Waals surface area contributed by atoms with Gasteiger partial charge in [-0.2, -0.15) is 0 Å². The Hall–Kier alpha value is -1.62. The van der Waals surface area contributed by atoms with Crippen LogP contribution in [0.2, 0.25) is 0 Å². The van der Waals surface area contributed by atoms with Crippen LogP contribution in [0.3, 0.4) is 0 Å². The average Bonchev–Trinajstić information content (AvgIpc) is 1.70. The summed E-state index contributed by atoms with van der Waals surface area (Å²) >= 11 is 0. The topological polar surface area (TPSA) is 417 Å². The van der Waals surface area contributed by atoms with Crippen LogP contribution in [0.1, 0.15) is 236 Å². The van der Waals surface area contributed by atoms with E-state index in [1.54, 1.807) is 7.11 Å². The average molecular weight is 1610 g/mol. The minimum absolute atomic E-state index is 0.115. The van der Waals surface area contributed by atoms with E-state index in [9.17, 15) is 53.6 Å². The molecule has 12 fully saturated rings. The Labute approximate surface area is 646 Å². The first-order chi connectivity index (χ1) is 51.0. The van der Waals surface area contributed by atoms with Gasteiger partial charge < -0.3 is 88.1 Å². The molecule has 0 bridgehead atoms. The molecule has 0 aromatic rings. The summed E-state index contributed by atoms with van der Waals surface area (Å²) < 4.78 is 83.0. The minimum Gasteiger partial charge on any atom is -0.438 e. The van der Waals surface area contributed by atoms with Crippen LogP contribution in [0.5, 0.6) is 0 Å². The normalized spacial score (nSPS) is 45.0. The van der Waals surface area contributed by atoms with Crippen molar-refractivity contribution in [3.8, 4) is 0 Å². The van der Waals surface area contributed by atoms with Crippen LogP contribution in [0, 0.1) is 139 Å². The Balaban J connectivity index is 0.000000174. The predicted octanol–water partition coefficient (Wildman–Crippen LogP) is 11.5. The van der Waals surface area contributed by atoms with Gasteiger partial charge in [0.05, 0.1) is 54.9 Å². The monoisotopic (exact) mass is 1610 g/mol. The van der Waals surface area contributed by atoms with Crippen molar-refractivity contribution in [2.45, 2.75) is 291 Å². The van der Waals surface area contributed by atoms with E-state index in [0.717, 1.165) is 128 Å². The maximum absolute atomic E-state index is 12.1. The lowest BCUT2D eigenvalue weighted by atomic mass is 9.43. The second-order valence-electron chi connectivity index (χ2n) is 37.7. The second kappa shape index (κ2) is 35.5. The lowest BCUT2D eigenvalue weighted by molar-refractivity contribution is -0.213. The highest BCUT2D eigenvalue weighted by Gasteiger charge is 2.70. The van der Waals surface area contributed by atoms with E-state index in [-0.39, 0.29) is 130 Å². The molecule has 0 aliphatic heterocycles. The Bertz CT molecular complexity index is 3210. The van der Waals surface area contributed by atoms with Gasteiger partial charge in [0.25, 0.3) is 0 Å². The molecule has 630 valence electrons. The summed E-state index contributed by atoms with van der Waals surface area (Å²) in [5.74, 6) is 4.08. The van der Waals surface area contributed by atoms with E-state index in [1.165, 1.54) is 0 Å². The molecular formula is C79H137O27P3. The third-order valence-electron chi connectivity index (χ3n) is 33.5. The van der Waals surface area contributed by atoms with Gasteiger partial charge in [0.15, 0.2) is 0 Å². The Kier molecular flexibility index (Phi) is 29.2. The molecule has 0 amide bonds. The molecule has 30 heteroatoms. The first-order valence-corrected chi connectivity index (χ1v) is 45.6. The van der Waals surface area contributed by atoms with E-state index < -0.39 is 80.1 Å². The SMILES string of the molecule is COC1CC2CC(O)CCC2(C)C2CC(O)C3(C)C(C(C)CCC(=O)OCOP(=O)(O)O)CCC3C12.COC1CCC2(C)C(C1)CC(O)C1C2CC(O)C2(C)C(C(C)CCC(=O)OCOP(=O)(O)O)CCC12.COC1CCC2(C)C(C1)CC(OC)C1C2CC(O)C2(C)C(C(C)CCC(=O)OCOP(=O)(O)O)CCC12. The van der Waals surface area contributed by atoms with Gasteiger partial charge >= 0.3 is 41.4 Å². The number of aliphatic hydroxyl groups is 5. The molecule has 33 atom stereocenters. The highest BCUT2D eigenvalue weighted by atomic mass is 31.2. The van der Waals surface area contributed by atoms with Crippen LogP contribution in [0.4, 0.5) is 0 Å². The van der Waals surface area contributed by atoms with Crippen molar-refractivity contribution in [3.05, 3.63) is 0 Å². The smallest absolute Gasteiger partial charge is 0.438 e. The van der Waals surface area contributed by atoms with Gasteiger partial charge in [-0.3, -0.25) is 14.4 Å². The predicted molar refractivity (Wildman–Crippen MR) is 399 cm³/mol. The molecule has 0 aromatic carbocycles. The van der Waals surface area contributed by atoms with Crippen LogP contribution in [0.15, 0.2) is 0 Å². The van der Waals surface area contributed by atoms with Gasteiger partial charge in [-0.25, -0.2) is 27.3 Å². The zero-order chi connectivity index (χ0) is 80.1. The summed E-state index contributed by atoms with van der Waals surface area (Å²) in [6, 6.07) is 0. The summed E-state index contributed by atoms with van der Waals surface area (Å²) in [7, 11) is -6.77. The van der Waals surface area contributed by atoms with Gasteiger partial charge in [-0.1, -0.05) is 62.3 Å². The molecule has 12 rings (SSSR count). The molecule has 0 spiro atoms. The fourth-order valence-electron chi connectivity index (χ4n) is 27.6. The molecule has 0 aromatic heterocycles. The zero-order valence-electron chi connectivity index (χ0n) is 67.1. The second-order valence-corrected chi connectivity index (χ2v) is 41.4. The molecule has 11 N–H and O–H groups in total. The summed E-state index contributed by atoms with van der Waals surface area (Å²) in [4.78, 5) is 88.6. The summed E-state index contributed by atoms with van der Waals surface area (Å²) in [6.07, 6.45) is 21.3. The molecule has 0 heterocycles. The van der Waals surface area contributed by atoms with E-state index >= 15 is 0 Å². The van der Waals surface area contributed by atoms with Gasteiger partial charge in [0.2, 0.25) is 20.4 Å². The highest BCUT2D eigenvalue weighted by molar-refractivity contribution is 7.46. The van der Waals surface area contributed by atoms with Gasteiger partial charge in [-0.15, -0.1) is 0 Å². The maximum Gasteiger partial charge on any atom is 0.472 e. The molecule has 0 saturated heterocycles. The van der Waals surface area contributed by atoms with Crippen molar-refractivity contribution >= 4 is 41.4 Å². The van der Waals surface area contributed by atoms with Crippen molar-refractivity contribution in [2.24, 2.45) is 139 Å². The number of hydrogen-bond acceptors (Lipinski definition) is 21. The lowest BCUT2D eigenvalue weighted by Crippen LogP contribution is -2.62.